The molecule has 0 aromatic heterocycles. The summed E-state index contributed by atoms with van der Waals surface area (Å²) in [6.07, 6.45) is -0.312. The highest BCUT2D eigenvalue weighted by Gasteiger charge is 2.20. The van der Waals surface area contributed by atoms with E-state index in [9.17, 15) is 12.9 Å². The molecule has 0 radical (unpaired) electrons. The third-order valence-electron chi connectivity index (χ3n) is 0.665. The molecular weight excluding hydrogens is 231 g/mol. The van der Waals surface area contributed by atoms with Gasteiger partial charge in [0.1, 0.15) is 0 Å². The summed E-state index contributed by atoms with van der Waals surface area (Å²) in [6.45, 7) is -4.51. The van der Waals surface area contributed by atoms with Crippen molar-refractivity contribution in [2.75, 3.05) is 4.43 Å². The summed E-state index contributed by atoms with van der Waals surface area (Å²) in [6, 6.07) is 0. The molecular formula is C3H6BF3I-. The van der Waals surface area contributed by atoms with E-state index >= 15 is 0 Å². The lowest BCUT2D eigenvalue weighted by Gasteiger charge is -2.10. The third-order valence-corrected chi connectivity index (χ3v) is 1.43. The summed E-state index contributed by atoms with van der Waals surface area (Å²) in [7, 11) is 0. The molecule has 0 saturated carbocycles. The van der Waals surface area contributed by atoms with E-state index in [2.05, 4.69) is 0 Å². The van der Waals surface area contributed by atoms with Gasteiger partial charge >= 0.3 is 6.98 Å². The zero-order valence-electron chi connectivity index (χ0n) is 4.21. The summed E-state index contributed by atoms with van der Waals surface area (Å²) < 4.78 is 34.5. The Morgan fingerprint density at radius 3 is 1.88 bits per heavy atom. The highest BCUT2D eigenvalue weighted by atomic mass is 127. The number of rotatable bonds is 3. The Morgan fingerprint density at radius 1 is 1.25 bits per heavy atom. The molecule has 0 aliphatic rings. The van der Waals surface area contributed by atoms with E-state index in [1.165, 1.54) is 0 Å². The fourth-order valence-electron chi connectivity index (χ4n) is 0.309. The van der Waals surface area contributed by atoms with Gasteiger partial charge in [0.2, 0.25) is 0 Å². The minimum absolute atomic E-state index is 0.268. The Morgan fingerprint density at radius 2 is 1.75 bits per heavy atom. The summed E-state index contributed by atoms with van der Waals surface area (Å²) in [5.74, 6) is 0. The second-order valence-electron chi connectivity index (χ2n) is 1.54. The molecule has 0 atom stereocenters. The predicted octanol–water partition coefficient (Wildman–Crippen LogP) is 2.66. The van der Waals surface area contributed by atoms with E-state index in [-0.39, 0.29) is 6.42 Å². The van der Waals surface area contributed by atoms with Crippen molar-refractivity contribution in [3.05, 3.63) is 0 Å². The molecule has 0 saturated heterocycles. The normalized spacial score (nSPS) is 12.0. The van der Waals surface area contributed by atoms with Crippen LogP contribution >= 0.6 is 22.6 Å². The van der Waals surface area contributed by atoms with Crippen molar-refractivity contribution in [3.8, 4) is 0 Å². The van der Waals surface area contributed by atoms with Crippen LogP contribution in [0.25, 0.3) is 0 Å². The average Bonchev–Trinajstić information content (AvgIpc) is 1.59. The monoisotopic (exact) mass is 237 g/mol. The first-order chi connectivity index (χ1) is 3.56. The van der Waals surface area contributed by atoms with E-state index in [1.54, 1.807) is 0 Å². The van der Waals surface area contributed by atoms with Crippen molar-refractivity contribution >= 4 is 29.6 Å². The first-order valence-electron chi connectivity index (χ1n) is 2.33. The molecule has 0 heterocycles. The number of alkyl halides is 1. The van der Waals surface area contributed by atoms with Gasteiger partial charge in [-0.3, -0.25) is 0 Å². The van der Waals surface area contributed by atoms with Gasteiger partial charge in [0.15, 0.2) is 0 Å². The molecule has 0 rings (SSSR count). The Kier molecular flexibility index (Phi) is 3.84. The molecule has 0 amide bonds. The van der Waals surface area contributed by atoms with Crippen LogP contribution < -0.4 is 0 Å². The van der Waals surface area contributed by atoms with Crippen LogP contribution in [0.15, 0.2) is 0 Å². The van der Waals surface area contributed by atoms with E-state index in [4.69, 9.17) is 0 Å². The molecule has 0 aromatic carbocycles. The highest BCUT2D eigenvalue weighted by molar-refractivity contribution is 14.1. The van der Waals surface area contributed by atoms with E-state index in [0.29, 0.717) is 4.43 Å². The molecule has 0 aliphatic carbocycles. The van der Waals surface area contributed by atoms with Gasteiger partial charge in [-0.15, -0.1) is 0 Å². The molecule has 5 heteroatoms. The molecule has 0 unspecified atom stereocenters. The maximum atomic E-state index is 11.3. The van der Waals surface area contributed by atoms with Crippen LogP contribution in [0.5, 0.6) is 0 Å². The van der Waals surface area contributed by atoms with Gasteiger partial charge < -0.3 is 12.9 Å². The second kappa shape index (κ2) is 3.58. The maximum Gasteiger partial charge on any atom is 0.478 e. The second-order valence-corrected chi connectivity index (χ2v) is 2.62. The molecule has 0 spiro atoms. The fourth-order valence-corrected chi connectivity index (χ4v) is 0.749. The molecule has 0 nitrogen and oxygen atoms in total. The lowest BCUT2D eigenvalue weighted by atomic mass is 9.85. The molecule has 8 heavy (non-hydrogen) atoms. The van der Waals surface area contributed by atoms with E-state index in [0.717, 1.165) is 0 Å². The van der Waals surface area contributed by atoms with Crippen LogP contribution in [-0.2, 0) is 0 Å². The third kappa shape index (κ3) is 6.58. The zero-order chi connectivity index (χ0) is 6.62. The van der Waals surface area contributed by atoms with Gasteiger partial charge in [-0.25, -0.2) is 0 Å². The maximum absolute atomic E-state index is 11.3. The Balaban J connectivity index is 3.11. The van der Waals surface area contributed by atoms with Gasteiger partial charge in [-0.2, -0.15) is 0 Å². The molecule has 0 N–H and O–H groups in total. The van der Waals surface area contributed by atoms with E-state index < -0.39 is 13.3 Å². The van der Waals surface area contributed by atoms with Gasteiger partial charge in [-0.1, -0.05) is 35.3 Å². The van der Waals surface area contributed by atoms with E-state index in [1.807, 2.05) is 22.6 Å². The van der Waals surface area contributed by atoms with Crippen LogP contribution in [0.1, 0.15) is 6.42 Å². The Labute approximate surface area is 60.0 Å². The van der Waals surface area contributed by atoms with Gasteiger partial charge in [0, 0.05) is 0 Å². The van der Waals surface area contributed by atoms with Gasteiger partial charge in [0.25, 0.3) is 0 Å². The van der Waals surface area contributed by atoms with Crippen LogP contribution in [0.3, 0.4) is 0 Å². The first-order valence-corrected chi connectivity index (χ1v) is 3.86. The van der Waals surface area contributed by atoms with Crippen molar-refractivity contribution in [1.29, 1.82) is 0 Å². The van der Waals surface area contributed by atoms with Crippen molar-refractivity contribution in [1.82, 2.24) is 0 Å². The van der Waals surface area contributed by atoms with Crippen LogP contribution in [0.2, 0.25) is 6.32 Å². The minimum Gasteiger partial charge on any atom is -0.449 e. The minimum atomic E-state index is -4.51. The number of hydrogen-bond donors (Lipinski definition) is 0. The molecule has 50 valence electrons. The Bertz CT molecular complexity index is 62.0. The first kappa shape index (κ1) is 8.58. The lowest BCUT2D eigenvalue weighted by Crippen LogP contribution is -2.13. The predicted molar refractivity (Wildman–Crippen MR) is 37.4 cm³/mol. The summed E-state index contributed by atoms with van der Waals surface area (Å²) in [5.41, 5.74) is 0. The SMILES string of the molecule is F[B-](F)(F)CCCI. The van der Waals surface area contributed by atoms with Gasteiger partial charge in [-0.05, 0) is 4.43 Å². The number of halogens is 4. The topological polar surface area (TPSA) is 0 Å². The van der Waals surface area contributed by atoms with Crippen molar-refractivity contribution in [2.24, 2.45) is 0 Å². The van der Waals surface area contributed by atoms with Crippen molar-refractivity contribution in [2.45, 2.75) is 12.7 Å². The fraction of sp³-hybridized carbons (Fsp3) is 1.00. The number of hydrogen-bond acceptors (Lipinski definition) is 0. The molecule has 0 aliphatic heterocycles. The van der Waals surface area contributed by atoms with Crippen molar-refractivity contribution in [3.63, 3.8) is 0 Å². The van der Waals surface area contributed by atoms with Crippen LogP contribution in [-0.4, -0.2) is 11.4 Å². The molecule has 0 bridgehead atoms. The standard InChI is InChI=1S/C3H6BF3I/c5-4(6,7)2-1-3-8/h1-3H2/q-1. The summed E-state index contributed by atoms with van der Waals surface area (Å²) in [5, 5.41) is 0. The zero-order valence-corrected chi connectivity index (χ0v) is 6.37. The largest absolute Gasteiger partial charge is 0.478 e. The van der Waals surface area contributed by atoms with Crippen LogP contribution in [0, 0.1) is 0 Å². The van der Waals surface area contributed by atoms with Gasteiger partial charge in [0.05, 0.1) is 0 Å². The highest BCUT2D eigenvalue weighted by Crippen LogP contribution is 2.16. The lowest BCUT2D eigenvalue weighted by molar-refractivity contribution is 0.467. The average molecular weight is 237 g/mol. The quantitative estimate of drug-likeness (QED) is 0.402. The smallest absolute Gasteiger partial charge is 0.449 e. The molecule has 0 aromatic rings. The summed E-state index contributed by atoms with van der Waals surface area (Å²) in [4.78, 5) is 0. The van der Waals surface area contributed by atoms with Crippen LogP contribution in [0.4, 0.5) is 12.9 Å². The summed E-state index contributed by atoms with van der Waals surface area (Å²) >= 11 is 1.94. The molecule has 0 fully saturated rings. The Hall–Kier alpha value is 0.585. The van der Waals surface area contributed by atoms with Crippen molar-refractivity contribution < 1.29 is 12.9 Å².